The Kier molecular flexibility index (Phi) is 4.94. The molecule has 1 saturated heterocycles. The zero-order chi connectivity index (χ0) is 14.7. The largest absolute Gasteiger partial charge is 0.237 e. The van der Waals surface area contributed by atoms with Crippen molar-refractivity contribution in [1.29, 1.82) is 0 Å². The Morgan fingerprint density at radius 3 is 2.29 bits per heavy atom. The molecule has 21 heavy (non-hydrogen) atoms. The maximum absolute atomic E-state index is 12.6. The molecule has 1 aromatic carbocycles. The quantitative estimate of drug-likeness (QED) is 0.764. The van der Waals surface area contributed by atoms with Crippen LogP contribution in [0.25, 0.3) is 0 Å². The summed E-state index contributed by atoms with van der Waals surface area (Å²) < 4.78 is 14.6. The van der Waals surface area contributed by atoms with E-state index in [1.165, 1.54) is 0 Å². The number of hydrogen-bond donors (Lipinski definition) is 0. The van der Waals surface area contributed by atoms with Gasteiger partial charge in [-0.2, -0.15) is 0 Å². The van der Waals surface area contributed by atoms with Crippen molar-refractivity contribution in [3.05, 3.63) is 53.6 Å². The van der Waals surface area contributed by atoms with E-state index in [1.54, 1.807) is 12.1 Å². The van der Waals surface area contributed by atoms with Crippen LogP contribution in [-0.2, 0) is 11.0 Å². The average molecular weight is 322 g/mol. The fraction of sp³-hybridized carbons (Fsp3) is 0.412. The van der Waals surface area contributed by atoms with Crippen LogP contribution in [-0.4, -0.2) is 21.6 Å². The third kappa shape index (κ3) is 3.65. The molecule has 0 saturated carbocycles. The van der Waals surface area contributed by atoms with E-state index in [2.05, 4.69) is 28.6 Å². The van der Waals surface area contributed by atoms with Crippen molar-refractivity contribution in [2.45, 2.75) is 24.2 Å². The summed E-state index contributed by atoms with van der Waals surface area (Å²) >= 11 is 5.88. The lowest BCUT2D eigenvalue weighted by molar-refractivity contribution is 0.257. The second-order valence-electron chi connectivity index (χ2n) is 5.64. The third-order valence-electron chi connectivity index (χ3n) is 4.28. The highest BCUT2D eigenvalue weighted by molar-refractivity contribution is 7.82. The summed E-state index contributed by atoms with van der Waals surface area (Å²) in [5.41, 5.74) is 0. The van der Waals surface area contributed by atoms with Gasteiger partial charge in [0.2, 0.25) is 0 Å². The van der Waals surface area contributed by atoms with Gasteiger partial charge in [-0.3, -0.25) is 0 Å². The summed E-state index contributed by atoms with van der Waals surface area (Å²) in [6.07, 6.45) is 12.5. The first-order valence-electron chi connectivity index (χ1n) is 7.50. The highest BCUT2D eigenvalue weighted by Crippen LogP contribution is 2.30. The van der Waals surface area contributed by atoms with Crippen molar-refractivity contribution in [3.63, 3.8) is 0 Å². The molecule has 1 aromatic rings. The van der Waals surface area contributed by atoms with Gasteiger partial charge in [0.1, 0.15) is 11.0 Å². The minimum absolute atomic E-state index is 0.574. The summed E-state index contributed by atoms with van der Waals surface area (Å²) in [4.78, 5) is 0.843. The second kappa shape index (κ2) is 6.91. The number of nitrogens with zero attached hydrogens (tertiary/aromatic N) is 1. The molecule has 112 valence electrons. The topological polar surface area (TPSA) is 20.3 Å². The standard InChI is InChI=1S/C17H20ClNOS/c18-16-6-8-17(9-7-16)21(20)19-12-10-15(11-13-19)14-4-2-1-3-5-14/h2-9,14-15H,1,10-13H2. The van der Waals surface area contributed by atoms with Crippen LogP contribution in [0.3, 0.4) is 0 Å². The molecule has 0 spiro atoms. The molecule has 1 aliphatic carbocycles. The molecule has 0 bridgehead atoms. The fourth-order valence-corrected chi connectivity index (χ4v) is 4.39. The molecular weight excluding hydrogens is 302 g/mol. The molecular formula is C17H20ClNOS. The first kappa shape index (κ1) is 15.0. The van der Waals surface area contributed by atoms with Gasteiger partial charge >= 0.3 is 0 Å². The Balaban J connectivity index is 1.59. The second-order valence-corrected chi connectivity index (χ2v) is 7.56. The first-order chi connectivity index (χ1) is 10.2. The van der Waals surface area contributed by atoms with E-state index in [0.29, 0.717) is 16.9 Å². The maximum Gasteiger partial charge on any atom is 0.127 e. The Morgan fingerprint density at radius 2 is 1.67 bits per heavy atom. The highest BCUT2D eigenvalue weighted by atomic mass is 35.5. The van der Waals surface area contributed by atoms with Gasteiger partial charge in [0.15, 0.2) is 0 Å². The van der Waals surface area contributed by atoms with Gasteiger partial charge in [-0.05, 0) is 55.4 Å². The monoisotopic (exact) mass is 321 g/mol. The zero-order valence-corrected chi connectivity index (χ0v) is 13.5. The predicted molar refractivity (Wildman–Crippen MR) is 88.5 cm³/mol. The van der Waals surface area contributed by atoms with Crippen molar-refractivity contribution in [2.24, 2.45) is 11.8 Å². The van der Waals surface area contributed by atoms with Gasteiger partial charge in [0, 0.05) is 18.1 Å². The van der Waals surface area contributed by atoms with Crippen LogP contribution < -0.4 is 0 Å². The van der Waals surface area contributed by atoms with Crippen molar-refractivity contribution < 1.29 is 4.21 Å². The smallest absolute Gasteiger partial charge is 0.127 e. The number of halogens is 1. The summed E-state index contributed by atoms with van der Waals surface area (Å²) in [6.45, 7) is 1.80. The summed E-state index contributed by atoms with van der Waals surface area (Å²) in [5, 5.41) is 0.685. The molecule has 4 heteroatoms. The molecule has 0 aromatic heterocycles. The van der Waals surface area contributed by atoms with E-state index >= 15 is 0 Å². The number of benzene rings is 1. The van der Waals surface area contributed by atoms with Crippen LogP contribution in [0, 0.1) is 11.8 Å². The molecule has 1 heterocycles. The van der Waals surface area contributed by atoms with Gasteiger partial charge in [0.25, 0.3) is 0 Å². The van der Waals surface area contributed by atoms with Gasteiger partial charge in [0.05, 0.1) is 4.90 Å². The Labute approximate surface area is 134 Å². The van der Waals surface area contributed by atoms with Crippen molar-refractivity contribution in [1.82, 2.24) is 4.31 Å². The lowest BCUT2D eigenvalue weighted by atomic mass is 9.83. The van der Waals surface area contributed by atoms with E-state index in [1.807, 2.05) is 12.1 Å². The molecule has 1 atom stereocenters. The van der Waals surface area contributed by atoms with E-state index < -0.39 is 11.0 Å². The van der Waals surface area contributed by atoms with Gasteiger partial charge in [-0.1, -0.05) is 35.9 Å². The Hall–Kier alpha value is -0.900. The number of piperidine rings is 1. The van der Waals surface area contributed by atoms with Gasteiger partial charge in [-0.15, -0.1) is 0 Å². The Bertz CT molecular complexity index is 547. The Morgan fingerprint density at radius 1 is 1.05 bits per heavy atom. The van der Waals surface area contributed by atoms with Crippen LogP contribution in [0.2, 0.25) is 5.02 Å². The number of hydrogen-bond acceptors (Lipinski definition) is 1. The van der Waals surface area contributed by atoms with Crippen LogP contribution in [0.4, 0.5) is 0 Å². The molecule has 1 aliphatic heterocycles. The summed E-state index contributed by atoms with van der Waals surface area (Å²) in [6, 6.07) is 7.33. The summed E-state index contributed by atoms with van der Waals surface area (Å²) in [7, 11) is -1.06. The van der Waals surface area contributed by atoms with Crippen LogP contribution in [0.15, 0.2) is 53.5 Å². The zero-order valence-electron chi connectivity index (χ0n) is 12.0. The normalized spacial score (nSPS) is 22.5. The molecule has 0 amide bonds. The van der Waals surface area contributed by atoms with E-state index in [0.717, 1.165) is 37.2 Å². The lowest BCUT2D eigenvalue weighted by Gasteiger charge is -2.33. The SMILES string of the molecule is O=S(c1ccc(Cl)cc1)N1CCC(C2C=CCC=C2)CC1. The minimum Gasteiger partial charge on any atom is -0.237 e. The highest BCUT2D eigenvalue weighted by Gasteiger charge is 2.27. The maximum atomic E-state index is 12.6. The minimum atomic E-state index is -1.06. The number of rotatable bonds is 3. The lowest BCUT2D eigenvalue weighted by Crippen LogP contribution is -2.36. The van der Waals surface area contributed by atoms with E-state index in [4.69, 9.17) is 11.6 Å². The molecule has 0 N–H and O–H groups in total. The molecule has 2 aliphatic rings. The first-order valence-corrected chi connectivity index (χ1v) is 8.98. The summed E-state index contributed by atoms with van der Waals surface area (Å²) in [5.74, 6) is 1.26. The molecule has 0 radical (unpaired) electrons. The predicted octanol–water partition coefficient (Wildman–Crippen LogP) is 4.21. The number of allylic oxidation sites excluding steroid dienone is 4. The average Bonchev–Trinajstić information content (AvgIpc) is 2.56. The van der Waals surface area contributed by atoms with Crippen LogP contribution >= 0.6 is 11.6 Å². The van der Waals surface area contributed by atoms with Crippen molar-refractivity contribution in [2.75, 3.05) is 13.1 Å². The van der Waals surface area contributed by atoms with Gasteiger partial charge < -0.3 is 0 Å². The van der Waals surface area contributed by atoms with Crippen LogP contribution in [0.1, 0.15) is 19.3 Å². The molecule has 1 fully saturated rings. The van der Waals surface area contributed by atoms with Gasteiger partial charge in [-0.25, -0.2) is 8.51 Å². The van der Waals surface area contributed by atoms with Crippen molar-refractivity contribution >= 4 is 22.6 Å². The van der Waals surface area contributed by atoms with E-state index in [9.17, 15) is 4.21 Å². The van der Waals surface area contributed by atoms with Crippen LogP contribution in [0.5, 0.6) is 0 Å². The fourth-order valence-electron chi connectivity index (χ4n) is 3.05. The third-order valence-corrected chi connectivity index (χ3v) is 6.04. The molecule has 1 unspecified atom stereocenters. The molecule has 3 rings (SSSR count). The van der Waals surface area contributed by atoms with E-state index in [-0.39, 0.29) is 0 Å². The molecule has 2 nitrogen and oxygen atoms in total. The van der Waals surface area contributed by atoms with Crippen molar-refractivity contribution in [3.8, 4) is 0 Å².